The summed E-state index contributed by atoms with van der Waals surface area (Å²) in [7, 11) is 1.78. The van der Waals surface area contributed by atoms with Gasteiger partial charge in [0.05, 0.1) is 5.54 Å². The Morgan fingerprint density at radius 3 is 2.78 bits per heavy atom. The highest BCUT2D eigenvalue weighted by Crippen LogP contribution is 2.23. The van der Waals surface area contributed by atoms with Crippen LogP contribution in [0.2, 0.25) is 0 Å². The van der Waals surface area contributed by atoms with Crippen LogP contribution in [-0.2, 0) is 9.59 Å². The zero-order valence-electron chi connectivity index (χ0n) is 11.0. The van der Waals surface area contributed by atoms with Crippen LogP contribution in [0, 0.1) is 0 Å². The van der Waals surface area contributed by atoms with E-state index in [1.807, 2.05) is 6.92 Å². The van der Waals surface area contributed by atoms with Gasteiger partial charge < -0.3 is 15.5 Å². The third-order valence-corrected chi connectivity index (χ3v) is 4.01. The molecule has 0 aromatic carbocycles. The van der Waals surface area contributed by atoms with Crippen LogP contribution < -0.4 is 10.6 Å². The van der Waals surface area contributed by atoms with Crippen molar-refractivity contribution in [2.75, 3.05) is 20.1 Å². The largest absolute Gasteiger partial charge is 0.344 e. The summed E-state index contributed by atoms with van der Waals surface area (Å²) in [5.74, 6) is 0.0220. The zero-order chi connectivity index (χ0) is 12.5. The molecular formula is C12H22ClN3O2. The Morgan fingerprint density at radius 2 is 2.33 bits per heavy atom. The molecule has 2 aliphatic rings. The minimum atomic E-state index is -0.443. The number of amides is 2. The topological polar surface area (TPSA) is 61.4 Å². The molecule has 0 aliphatic carbocycles. The van der Waals surface area contributed by atoms with Gasteiger partial charge in [-0.1, -0.05) is 6.92 Å². The molecule has 2 atom stereocenters. The number of hydrogen-bond acceptors (Lipinski definition) is 3. The van der Waals surface area contributed by atoms with Gasteiger partial charge >= 0.3 is 0 Å². The maximum atomic E-state index is 12.3. The Kier molecular flexibility index (Phi) is 4.99. The minimum Gasteiger partial charge on any atom is -0.344 e. The third-order valence-electron chi connectivity index (χ3n) is 4.01. The zero-order valence-corrected chi connectivity index (χ0v) is 11.8. The molecule has 0 aromatic heterocycles. The van der Waals surface area contributed by atoms with Crippen LogP contribution in [0.5, 0.6) is 0 Å². The quantitative estimate of drug-likeness (QED) is 0.778. The number of nitrogens with zero attached hydrogens (tertiary/aromatic N) is 1. The predicted molar refractivity (Wildman–Crippen MR) is 71.7 cm³/mol. The fourth-order valence-corrected chi connectivity index (χ4v) is 2.72. The summed E-state index contributed by atoms with van der Waals surface area (Å²) in [4.78, 5) is 25.7. The molecule has 2 saturated heterocycles. The van der Waals surface area contributed by atoms with Crippen molar-refractivity contribution in [3.63, 3.8) is 0 Å². The average molecular weight is 276 g/mol. The number of rotatable bonds is 3. The van der Waals surface area contributed by atoms with Crippen molar-refractivity contribution in [2.45, 2.75) is 44.2 Å². The first-order chi connectivity index (χ1) is 8.09. The van der Waals surface area contributed by atoms with Crippen LogP contribution in [-0.4, -0.2) is 48.4 Å². The van der Waals surface area contributed by atoms with Gasteiger partial charge in [-0.3, -0.25) is 9.59 Å². The van der Waals surface area contributed by atoms with Crippen LogP contribution in [0.1, 0.15) is 32.6 Å². The highest BCUT2D eigenvalue weighted by atomic mass is 35.5. The summed E-state index contributed by atoms with van der Waals surface area (Å²) in [5.41, 5.74) is -0.443. The fraction of sp³-hybridized carbons (Fsp3) is 0.833. The number of nitrogens with one attached hydrogen (secondary N) is 2. The van der Waals surface area contributed by atoms with Crippen LogP contribution in [0.25, 0.3) is 0 Å². The molecule has 2 N–H and O–H groups in total. The average Bonchev–Trinajstić information content (AvgIpc) is 2.92. The molecule has 0 radical (unpaired) electrons. The molecule has 6 heteroatoms. The molecule has 5 nitrogen and oxygen atoms in total. The number of halogens is 1. The molecule has 0 spiro atoms. The Morgan fingerprint density at radius 1 is 1.61 bits per heavy atom. The summed E-state index contributed by atoms with van der Waals surface area (Å²) < 4.78 is 0. The molecule has 104 valence electrons. The first-order valence-electron chi connectivity index (χ1n) is 6.40. The number of hydrogen-bond donors (Lipinski definition) is 2. The molecular weight excluding hydrogens is 254 g/mol. The van der Waals surface area contributed by atoms with Crippen molar-refractivity contribution >= 4 is 24.2 Å². The highest BCUT2D eigenvalue weighted by molar-refractivity contribution is 5.93. The first kappa shape index (κ1) is 15.2. The molecule has 0 bridgehead atoms. The van der Waals surface area contributed by atoms with Crippen molar-refractivity contribution in [3.05, 3.63) is 0 Å². The Balaban J connectivity index is 0.00000162. The third kappa shape index (κ3) is 2.62. The van der Waals surface area contributed by atoms with Crippen molar-refractivity contribution < 1.29 is 9.59 Å². The van der Waals surface area contributed by atoms with Gasteiger partial charge in [0.15, 0.2) is 0 Å². The van der Waals surface area contributed by atoms with E-state index in [1.165, 1.54) is 0 Å². The summed E-state index contributed by atoms with van der Waals surface area (Å²) in [6.07, 6.45) is 3.39. The lowest BCUT2D eigenvalue weighted by atomic mass is 9.92. The van der Waals surface area contributed by atoms with Gasteiger partial charge in [0.2, 0.25) is 11.8 Å². The normalized spacial score (nSPS) is 31.3. The molecule has 0 saturated carbocycles. The number of carbonyl (C=O) groups excluding carboxylic acids is 2. The van der Waals surface area contributed by atoms with Gasteiger partial charge in [0, 0.05) is 13.6 Å². The summed E-state index contributed by atoms with van der Waals surface area (Å²) in [5, 5.41) is 6.18. The van der Waals surface area contributed by atoms with E-state index in [1.54, 1.807) is 11.9 Å². The maximum Gasteiger partial charge on any atom is 0.244 e. The molecule has 2 unspecified atom stereocenters. The minimum absolute atomic E-state index is 0. The van der Waals surface area contributed by atoms with Crippen LogP contribution >= 0.6 is 12.4 Å². The molecule has 2 fully saturated rings. The van der Waals surface area contributed by atoms with Gasteiger partial charge in [0.1, 0.15) is 6.04 Å². The molecule has 2 aliphatic heterocycles. The standard InChI is InChI=1S/C12H21N3O2.ClH/c1-3-12(6-4-7-13-12)11(17)14-9-5-8-15(2)10(9)16;/h9,13H,3-8H2,1-2H3,(H,14,17);1H. The van der Waals surface area contributed by atoms with Gasteiger partial charge in [-0.25, -0.2) is 0 Å². The lowest BCUT2D eigenvalue weighted by Crippen LogP contribution is -2.56. The van der Waals surface area contributed by atoms with Crippen molar-refractivity contribution in [1.82, 2.24) is 15.5 Å². The first-order valence-corrected chi connectivity index (χ1v) is 6.40. The molecule has 2 rings (SSSR count). The van der Waals surface area contributed by atoms with E-state index in [0.29, 0.717) is 0 Å². The molecule has 2 heterocycles. The van der Waals surface area contributed by atoms with E-state index in [-0.39, 0.29) is 30.3 Å². The fourth-order valence-electron chi connectivity index (χ4n) is 2.72. The SMILES string of the molecule is CCC1(C(=O)NC2CCN(C)C2=O)CCCN1.Cl. The molecule has 0 aromatic rings. The number of likely N-dealkylation sites (N-methyl/N-ethyl adjacent to an activating group) is 1. The Bertz CT molecular complexity index is 329. The van der Waals surface area contributed by atoms with E-state index in [4.69, 9.17) is 0 Å². The summed E-state index contributed by atoms with van der Waals surface area (Å²) in [6, 6.07) is -0.321. The van der Waals surface area contributed by atoms with Crippen molar-refractivity contribution in [2.24, 2.45) is 0 Å². The summed E-state index contributed by atoms with van der Waals surface area (Å²) >= 11 is 0. The second-order valence-corrected chi connectivity index (χ2v) is 5.04. The Hall–Kier alpha value is -0.810. The van der Waals surface area contributed by atoms with Crippen LogP contribution in [0.3, 0.4) is 0 Å². The molecule has 18 heavy (non-hydrogen) atoms. The smallest absolute Gasteiger partial charge is 0.244 e. The second kappa shape index (κ2) is 5.89. The second-order valence-electron chi connectivity index (χ2n) is 5.04. The lowest BCUT2D eigenvalue weighted by molar-refractivity contribution is -0.134. The monoisotopic (exact) mass is 275 g/mol. The number of likely N-dealkylation sites (tertiary alicyclic amines) is 1. The van der Waals surface area contributed by atoms with Crippen LogP contribution in [0.15, 0.2) is 0 Å². The summed E-state index contributed by atoms with van der Waals surface area (Å²) in [6.45, 7) is 3.64. The number of carbonyl (C=O) groups is 2. The van der Waals surface area contributed by atoms with Crippen molar-refractivity contribution in [3.8, 4) is 0 Å². The highest BCUT2D eigenvalue weighted by Gasteiger charge is 2.41. The maximum absolute atomic E-state index is 12.3. The Labute approximate surface area is 114 Å². The van der Waals surface area contributed by atoms with Gasteiger partial charge in [0.25, 0.3) is 0 Å². The van der Waals surface area contributed by atoms with Gasteiger partial charge in [-0.2, -0.15) is 0 Å². The predicted octanol–water partition coefficient (Wildman–Crippen LogP) is 0.287. The lowest BCUT2D eigenvalue weighted by Gasteiger charge is -2.28. The van der Waals surface area contributed by atoms with Crippen molar-refractivity contribution in [1.29, 1.82) is 0 Å². The van der Waals surface area contributed by atoms with E-state index in [0.717, 1.165) is 38.8 Å². The van der Waals surface area contributed by atoms with Gasteiger partial charge in [-0.05, 0) is 32.2 Å². The van der Waals surface area contributed by atoms with E-state index in [2.05, 4.69) is 10.6 Å². The van der Waals surface area contributed by atoms with E-state index in [9.17, 15) is 9.59 Å². The molecule has 2 amide bonds. The van der Waals surface area contributed by atoms with E-state index >= 15 is 0 Å². The van der Waals surface area contributed by atoms with Gasteiger partial charge in [-0.15, -0.1) is 12.4 Å². The van der Waals surface area contributed by atoms with Crippen LogP contribution in [0.4, 0.5) is 0 Å². The van der Waals surface area contributed by atoms with E-state index < -0.39 is 5.54 Å².